The van der Waals surface area contributed by atoms with Crippen molar-refractivity contribution in [3.63, 3.8) is 0 Å². The third-order valence-corrected chi connectivity index (χ3v) is 6.08. The van der Waals surface area contributed by atoms with Crippen LogP contribution in [0.3, 0.4) is 0 Å². The maximum Gasteiger partial charge on any atom is 0.300 e. The van der Waals surface area contributed by atoms with Crippen molar-refractivity contribution in [3.05, 3.63) is 95.1 Å². The molecule has 6 nitrogen and oxygen atoms in total. The summed E-state index contributed by atoms with van der Waals surface area (Å²) in [7, 11) is 0. The molecule has 1 amide bonds. The van der Waals surface area contributed by atoms with Gasteiger partial charge in [-0.25, -0.2) is 0 Å². The molecule has 0 spiro atoms. The quantitative estimate of drug-likeness (QED) is 0.208. The second-order valence-electron chi connectivity index (χ2n) is 9.66. The van der Waals surface area contributed by atoms with E-state index in [-0.39, 0.29) is 11.3 Å². The average Bonchev–Trinajstić information content (AvgIpc) is 3.16. The SMILES string of the molecule is CCCOc1ccc(/C(O)=C2\C(=O)C(=O)N(c3cccc(C)c3)C2c2cccc(OCC(C)C)c2)cc1. The van der Waals surface area contributed by atoms with Crippen molar-refractivity contribution < 1.29 is 24.2 Å². The van der Waals surface area contributed by atoms with Crippen molar-refractivity contribution in [2.75, 3.05) is 18.1 Å². The van der Waals surface area contributed by atoms with Gasteiger partial charge in [0.2, 0.25) is 0 Å². The highest BCUT2D eigenvalue weighted by Gasteiger charge is 2.47. The number of hydrogen-bond acceptors (Lipinski definition) is 5. The average molecular weight is 500 g/mol. The Morgan fingerprint density at radius 2 is 1.68 bits per heavy atom. The van der Waals surface area contributed by atoms with Gasteiger partial charge in [0.15, 0.2) is 0 Å². The van der Waals surface area contributed by atoms with Crippen LogP contribution in [0.2, 0.25) is 0 Å². The number of anilines is 1. The Morgan fingerprint density at radius 3 is 2.35 bits per heavy atom. The lowest BCUT2D eigenvalue weighted by Gasteiger charge is -2.26. The molecule has 37 heavy (non-hydrogen) atoms. The Labute approximate surface area is 218 Å². The monoisotopic (exact) mass is 499 g/mol. The molecule has 0 bridgehead atoms. The number of aryl methyl sites for hydroxylation is 1. The van der Waals surface area contributed by atoms with Gasteiger partial charge in [-0.3, -0.25) is 14.5 Å². The number of rotatable bonds is 9. The molecule has 1 N–H and O–H groups in total. The lowest BCUT2D eigenvalue weighted by molar-refractivity contribution is -0.132. The highest BCUT2D eigenvalue weighted by molar-refractivity contribution is 6.51. The molecule has 1 saturated heterocycles. The van der Waals surface area contributed by atoms with Crippen LogP contribution >= 0.6 is 0 Å². The molecule has 4 rings (SSSR count). The molecule has 0 radical (unpaired) electrons. The third-order valence-electron chi connectivity index (χ3n) is 6.08. The molecule has 1 fully saturated rings. The predicted molar refractivity (Wildman–Crippen MR) is 145 cm³/mol. The molecule has 3 aromatic rings. The van der Waals surface area contributed by atoms with Gasteiger partial charge in [0.1, 0.15) is 17.3 Å². The van der Waals surface area contributed by atoms with Crippen LogP contribution in [0.15, 0.2) is 78.4 Å². The Balaban J connectivity index is 1.83. The van der Waals surface area contributed by atoms with E-state index >= 15 is 0 Å². The van der Waals surface area contributed by atoms with Crippen molar-refractivity contribution in [1.29, 1.82) is 0 Å². The number of aliphatic hydroxyl groups excluding tert-OH is 1. The number of hydrogen-bond donors (Lipinski definition) is 1. The molecular weight excluding hydrogens is 466 g/mol. The number of ether oxygens (including phenoxy) is 2. The summed E-state index contributed by atoms with van der Waals surface area (Å²) in [5.41, 5.74) is 2.68. The zero-order valence-corrected chi connectivity index (χ0v) is 21.7. The topological polar surface area (TPSA) is 76.1 Å². The van der Waals surface area contributed by atoms with Crippen molar-refractivity contribution in [2.24, 2.45) is 5.92 Å². The van der Waals surface area contributed by atoms with E-state index in [0.29, 0.717) is 47.4 Å². The van der Waals surface area contributed by atoms with Crippen LogP contribution in [-0.4, -0.2) is 30.0 Å². The molecule has 0 aromatic heterocycles. The summed E-state index contributed by atoms with van der Waals surface area (Å²) in [6, 6.07) is 20.8. The van der Waals surface area contributed by atoms with Crippen molar-refractivity contribution in [3.8, 4) is 11.5 Å². The molecule has 1 atom stereocenters. The van der Waals surface area contributed by atoms with Gasteiger partial charge in [-0.05, 0) is 78.9 Å². The van der Waals surface area contributed by atoms with Gasteiger partial charge in [-0.15, -0.1) is 0 Å². The summed E-state index contributed by atoms with van der Waals surface area (Å²) in [4.78, 5) is 28.3. The Bertz CT molecular complexity index is 1310. The smallest absolute Gasteiger partial charge is 0.300 e. The fraction of sp³-hybridized carbons (Fsp3) is 0.290. The van der Waals surface area contributed by atoms with E-state index in [0.717, 1.165) is 12.0 Å². The number of aliphatic hydroxyl groups is 1. The lowest BCUT2D eigenvalue weighted by Crippen LogP contribution is -2.29. The van der Waals surface area contributed by atoms with E-state index in [4.69, 9.17) is 9.47 Å². The lowest BCUT2D eigenvalue weighted by atomic mass is 9.95. The van der Waals surface area contributed by atoms with Crippen LogP contribution in [0.1, 0.15) is 49.9 Å². The number of benzene rings is 3. The standard InChI is InChI=1S/C31H33NO5/c1-5-16-36-25-14-12-22(13-15-25)29(33)27-28(23-9-7-11-26(18-23)37-19-20(2)3)32(31(35)30(27)34)24-10-6-8-21(4)17-24/h6-15,17-18,20,28,33H,5,16,19H2,1-4H3/b29-27+. The number of carbonyl (C=O) groups excluding carboxylic acids is 2. The zero-order valence-electron chi connectivity index (χ0n) is 21.7. The number of amides is 1. The maximum atomic E-state index is 13.4. The van der Waals surface area contributed by atoms with E-state index in [1.165, 1.54) is 4.90 Å². The number of Topliss-reactive ketones (excluding diaryl/α,β-unsaturated/α-hetero) is 1. The van der Waals surface area contributed by atoms with Gasteiger partial charge in [-0.1, -0.05) is 45.0 Å². The molecular formula is C31H33NO5. The van der Waals surface area contributed by atoms with Gasteiger partial charge < -0.3 is 14.6 Å². The van der Waals surface area contributed by atoms with Crippen LogP contribution in [0.5, 0.6) is 11.5 Å². The summed E-state index contributed by atoms with van der Waals surface area (Å²) in [6.07, 6.45) is 0.879. The highest BCUT2D eigenvalue weighted by Crippen LogP contribution is 2.43. The van der Waals surface area contributed by atoms with E-state index < -0.39 is 17.7 Å². The first-order valence-corrected chi connectivity index (χ1v) is 12.6. The van der Waals surface area contributed by atoms with Crippen LogP contribution in [0, 0.1) is 12.8 Å². The fourth-order valence-corrected chi connectivity index (χ4v) is 4.31. The van der Waals surface area contributed by atoms with E-state index in [2.05, 4.69) is 13.8 Å². The summed E-state index contributed by atoms with van der Waals surface area (Å²) in [5, 5.41) is 11.4. The molecule has 1 unspecified atom stereocenters. The fourth-order valence-electron chi connectivity index (χ4n) is 4.31. The predicted octanol–water partition coefficient (Wildman–Crippen LogP) is 6.44. The molecule has 6 heteroatoms. The van der Waals surface area contributed by atoms with Gasteiger partial charge in [0, 0.05) is 11.3 Å². The minimum Gasteiger partial charge on any atom is -0.507 e. The van der Waals surface area contributed by atoms with Gasteiger partial charge in [0.05, 0.1) is 24.8 Å². The Hall–Kier alpha value is -4.06. The van der Waals surface area contributed by atoms with Crippen molar-refractivity contribution in [2.45, 2.75) is 40.2 Å². The van der Waals surface area contributed by atoms with Gasteiger partial charge in [0.25, 0.3) is 11.7 Å². The van der Waals surface area contributed by atoms with Crippen LogP contribution in [0.4, 0.5) is 5.69 Å². The third kappa shape index (κ3) is 5.69. The van der Waals surface area contributed by atoms with E-state index in [1.54, 1.807) is 30.3 Å². The highest BCUT2D eigenvalue weighted by atomic mass is 16.5. The molecule has 3 aromatic carbocycles. The van der Waals surface area contributed by atoms with Crippen molar-refractivity contribution in [1.82, 2.24) is 0 Å². The van der Waals surface area contributed by atoms with Crippen LogP contribution in [0.25, 0.3) is 5.76 Å². The Kier molecular flexibility index (Phi) is 7.97. The van der Waals surface area contributed by atoms with Crippen LogP contribution in [-0.2, 0) is 9.59 Å². The molecule has 1 heterocycles. The maximum absolute atomic E-state index is 13.4. The second-order valence-corrected chi connectivity index (χ2v) is 9.66. The van der Waals surface area contributed by atoms with Crippen molar-refractivity contribution >= 4 is 23.1 Å². The number of nitrogens with zero attached hydrogens (tertiary/aromatic N) is 1. The molecule has 1 aliphatic heterocycles. The van der Waals surface area contributed by atoms with Crippen LogP contribution < -0.4 is 14.4 Å². The Morgan fingerprint density at radius 1 is 0.946 bits per heavy atom. The summed E-state index contributed by atoms with van der Waals surface area (Å²) < 4.78 is 11.6. The first-order valence-electron chi connectivity index (χ1n) is 12.6. The van der Waals surface area contributed by atoms with E-state index in [9.17, 15) is 14.7 Å². The van der Waals surface area contributed by atoms with E-state index in [1.807, 2.05) is 56.3 Å². The second kappa shape index (κ2) is 11.3. The summed E-state index contributed by atoms with van der Waals surface area (Å²) in [6.45, 7) is 9.20. The normalized spacial score (nSPS) is 16.9. The first-order chi connectivity index (χ1) is 17.8. The first kappa shape index (κ1) is 26.0. The molecule has 1 aliphatic rings. The summed E-state index contributed by atoms with van der Waals surface area (Å²) >= 11 is 0. The molecule has 0 saturated carbocycles. The summed E-state index contributed by atoms with van der Waals surface area (Å²) in [5.74, 6) is 0.000832. The van der Waals surface area contributed by atoms with Gasteiger partial charge >= 0.3 is 0 Å². The van der Waals surface area contributed by atoms with Gasteiger partial charge in [-0.2, -0.15) is 0 Å². The number of ketones is 1. The minimum atomic E-state index is -0.819. The number of carbonyl (C=O) groups is 2. The molecule has 192 valence electrons. The molecule has 0 aliphatic carbocycles. The minimum absolute atomic E-state index is 0.0368. The zero-order chi connectivity index (χ0) is 26.5. The largest absolute Gasteiger partial charge is 0.507 e.